The van der Waals surface area contributed by atoms with E-state index in [0.29, 0.717) is 17.9 Å². The minimum atomic E-state index is -0.181. The maximum atomic E-state index is 10.0. The molecule has 0 aliphatic heterocycles. The summed E-state index contributed by atoms with van der Waals surface area (Å²) in [6, 6.07) is 13.6. The molecule has 37 heavy (non-hydrogen) atoms. The highest BCUT2D eigenvalue weighted by Gasteiger charge is 2.27. The van der Waals surface area contributed by atoms with Gasteiger partial charge in [0.2, 0.25) is 0 Å². The van der Waals surface area contributed by atoms with Gasteiger partial charge in [0.25, 0.3) is 0 Å². The van der Waals surface area contributed by atoms with E-state index in [4.69, 9.17) is 23.7 Å². The summed E-state index contributed by atoms with van der Waals surface area (Å²) >= 11 is 0. The Balaban J connectivity index is 0.000000898. The normalized spacial score (nSPS) is 16.9. The van der Waals surface area contributed by atoms with E-state index in [1.807, 2.05) is 62.3 Å². The first kappa shape index (κ1) is 29.6. The Labute approximate surface area is 219 Å². The van der Waals surface area contributed by atoms with Crippen LogP contribution in [0.2, 0.25) is 0 Å². The average molecular weight is 509 g/mol. The van der Waals surface area contributed by atoms with Crippen molar-refractivity contribution in [1.82, 2.24) is 0 Å². The SMILES string of the molecule is C=O.COC.COc1cc2c(cc1OC)/C(=C\C1=CC=C(Oc3ccccc3)C(OC)C1)C(C)=C2CO. The highest BCUT2D eigenvalue weighted by molar-refractivity contribution is 6.01. The summed E-state index contributed by atoms with van der Waals surface area (Å²) in [7, 11) is 8.19. The molecule has 198 valence electrons. The predicted molar refractivity (Wildman–Crippen MR) is 146 cm³/mol. The molecule has 7 heteroatoms. The fourth-order valence-electron chi connectivity index (χ4n) is 4.20. The number of rotatable bonds is 7. The van der Waals surface area contributed by atoms with Crippen molar-refractivity contribution in [2.45, 2.75) is 19.4 Å². The molecule has 1 atom stereocenters. The smallest absolute Gasteiger partial charge is 0.161 e. The summed E-state index contributed by atoms with van der Waals surface area (Å²) in [5.74, 6) is 2.87. The van der Waals surface area contributed by atoms with Crippen LogP contribution in [-0.2, 0) is 14.3 Å². The molecule has 0 heterocycles. The molecule has 2 aliphatic rings. The van der Waals surface area contributed by atoms with E-state index in [-0.39, 0.29) is 12.7 Å². The van der Waals surface area contributed by atoms with E-state index in [9.17, 15) is 5.11 Å². The van der Waals surface area contributed by atoms with E-state index in [2.05, 4.69) is 16.9 Å². The van der Waals surface area contributed by atoms with Crippen LogP contribution < -0.4 is 14.2 Å². The predicted octanol–water partition coefficient (Wildman–Crippen LogP) is 5.25. The fraction of sp³-hybridized carbons (Fsp3) is 0.300. The lowest BCUT2D eigenvalue weighted by molar-refractivity contribution is -0.0980. The van der Waals surface area contributed by atoms with Gasteiger partial charge in [0, 0.05) is 27.8 Å². The minimum Gasteiger partial charge on any atom is -0.493 e. The maximum absolute atomic E-state index is 10.0. The number of aliphatic hydroxyl groups is 1. The van der Waals surface area contributed by atoms with Gasteiger partial charge in [-0.05, 0) is 70.7 Å². The molecule has 0 spiro atoms. The van der Waals surface area contributed by atoms with Crippen LogP contribution in [0.25, 0.3) is 11.1 Å². The number of benzene rings is 2. The molecule has 0 saturated heterocycles. The zero-order chi connectivity index (χ0) is 27.4. The van der Waals surface area contributed by atoms with Crippen LogP contribution in [0, 0.1) is 0 Å². The highest BCUT2D eigenvalue weighted by Crippen LogP contribution is 2.46. The van der Waals surface area contributed by atoms with E-state index < -0.39 is 0 Å². The number of para-hydroxylation sites is 1. The number of carbonyl (C=O) groups is 1. The van der Waals surface area contributed by atoms with Crippen molar-refractivity contribution in [3.05, 3.63) is 88.7 Å². The van der Waals surface area contributed by atoms with E-state index in [0.717, 1.165) is 44.9 Å². The van der Waals surface area contributed by atoms with Crippen molar-refractivity contribution >= 4 is 17.9 Å². The third kappa shape index (κ3) is 6.98. The molecule has 2 aromatic rings. The number of ether oxygens (including phenoxy) is 5. The number of fused-ring (bicyclic) bond motifs is 1. The van der Waals surface area contributed by atoms with Crippen molar-refractivity contribution in [1.29, 1.82) is 0 Å². The molecule has 2 aliphatic carbocycles. The Morgan fingerprint density at radius 1 is 0.946 bits per heavy atom. The Morgan fingerprint density at radius 3 is 2.08 bits per heavy atom. The summed E-state index contributed by atoms with van der Waals surface area (Å²) < 4.78 is 27.0. The van der Waals surface area contributed by atoms with Crippen LogP contribution in [0.1, 0.15) is 24.5 Å². The zero-order valence-electron chi connectivity index (χ0n) is 22.4. The molecule has 0 aromatic heterocycles. The van der Waals surface area contributed by atoms with Crippen molar-refractivity contribution in [2.75, 3.05) is 42.2 Å². The topological polar surface area (TPSA) is 83.5 Å². The first-order chi connectivity index (χ1) is 18.0. The van der Waals surface area contributed by atoms with Crippen molar-refractivity contribution in [2.24, 2.45) is 0 Å². The molecule has 0 radical (unpaired) electrons. The van der Waals surface area contributed by atoms with Crippen molar-refractivity contribution < 1.29 is 33.6 Å². The molecule has 2 aromatic carbocycles. The van der Waals surface area contributed by atoms with Gasteiger partial charge in [0.05, 0.1) is 20.8 Å². The van der Waals surface area contributed by atoms with E-state index in [1.54, 1.807) is 35.5 Å². The second-order valence-electron chi connectivity index (χ2n) is 8.13. The number of carbonyl (C=O) groups excluding carboxylic acids is 1. The quantitative estimate of drug-likeness (QED) is 0.547. The zero-order valence-corrected chi connectivity index (χ0v) is 22.4. The third-order valence-corrected chi connectivity index (χ3v) is 5.95. The van der Waals surface area contributed by atoms with Crippen LogP contribution in [0.5, 0.6) is 17.2 Å². The van der Waals surface area contributed by atoms with Gasteiger partial charge in [-0.3, -0.25) is 0 Å². The highest BCUT2D eigenvalue weighted by atomic mass is 16.5. The second kappa shape index (κ2) is 14.8. The monoisotopic (exact) mass is 508 g/mol. The van der Waals surface area contributed by atoms with Gasteiger partial charge in [-0.25, -0.2) is 0 Å². The van der Waals surface area contributed by atoms with Gasteiger partial charge in [-0.2, -0.15) is 0 Å². The van der Waals surface area contributed by atoms with E-state index in [1.165, 1.54) is 0 Å². The molecule has 0 amide bonds. The Morgan fingerprint density at radius 2 is 1.54 bits per heavy atom. The molecule has 0 bridgehead atoms. The summed E-state index contributed by atoms with van der Waals surface area (Å²) in [6.07, 6.45) is 6.69. The van der Waals surface area contributed by atoms with Crippen LogP contribution in [0.15, 0.2) is 77.6 Å². The van der Waals surface area contributed by atoms with E-state index >= 15 is 0 Å². The third-order valence-electron chi connectivity index (χ3n) is 5.95. The van der Waals surface area contributed by atoms with Crippen LogP contribution in [0.3, 0.4) is 0 Å². The van der Waals surface area contributed by atoms with Gasteiger partial charge >= 0.3 is 0 Å². The largest absolute Gasteiger partial charge is 0.493 e. The number of methoxy groups -OCH3 is 4. The number of hydrogen-bond acceptors (Lipinski definition) is 7. The molecule has 7 nitrogen and oxygen atoms in total. The average Bonchev–Trinajstić information content (AvgIpc) is 3.19. The molecular weight excluding hydrogens is 472 g/mol. The number of hydrogen-bond donors (Lipinski definition) is 1. The lowest BCUT2D eigenvalue weighted by Crippen LogP contribution is -2.21. The first-order valence-corrected chi connectivity index (χ1v) is 11.7. The molecule has 0 saturated carbocycles. The molecular formula is C30H36O7. The fourth-order valence-corrected chi connectivity index (χ4v) is 4.20. The Hall–Kier alpha value is -3.65. The van der Waals surface area contributed by atoms with Gasteiger partial charge in [-0.15, -0.1) is 0 Å². The van der Waals surface area contributed by atoms with Crippen LogP contribution >= 0.6 is 0 Å². The summed E-state index contributed by atoms with van der Waals surface area (Å²) in [5.41, 5.74) is 6.11. The minimum absolute atomic E-state index is 0.0413. The van der Waals surface area contributed by atoms with Crippen molar-refractivity contribution in [3.8, 4) is 17.2 Å². The molecule has 1 N–H and O–H groups in total. The standard InChI is InChI=1S/C27H28O5.C2H6O.CH2O/c1-17-20(21-14-26(30-3)27(31-4)15-22(21)23(17)16-28)12-18-10-11-24(25(13-18)29-2)32-19-8-6-5-7-9-19;1-3-2;1-2/h5-12,14-15,25,28H,13,16H2,1-4H3;1-2H3;1H2/b20-12-;;. The lowest BCUT2D eigenvalue weighted by Gasteiger charge is -2.23. The summed E-state index contributed by atoms with van der Waals surface area (Å²) in [5, 5.41) is 10.0. The summed E-state index contributed by atoms with van der Waals surface area (Å²) in [4.78, 5) is 8.00. The van der Waals surface area contributed by atoms with Gasteiger partial charge in [-0.1, -0.05) is 30.4 Å². The first-order valence-electron chi connectivity index (χ1n) is 11.7. The van der Waals surface area contributed by atoms with Crippen LogP contribution in [0.4, 0.5) is 0 Å². The van der Waals surface area contributed by atoms with Gasteiger partial charge in [0.1, 0.15) is 24.4 Å². The van der Waals surface area contributed by atoms with Gasteiger partial charge in [0.15, 0.2) is 11.5 Å². The van der Waals surface area contributed by atoms with Crippen molar-refractivity contribution in [3.63, 3.8) is 0 Å². The maximum Gasteiger partial charge on any atom is 0.161 e. The lowest BCUT2D eigenvalue weighted by atomic mass is 9.95. The Bertz CT molecular complexity index is 1160. The summed E-state index contributed by atoms with van der Waals surface area (Å²) in [6.45, 7) is 3.99. The molecule has 0 fully saturated rings. The molecule has 1 unspecified atom stereocenters. The Kier molecular flexibility index (Phi) is 11.8. The molecule has 4 rings (SSSR count). The second-order valence-corrected chi connectivity index (χ2v) is 8.13. The van der Waals surface area contributed by atoms with Crippen LogP contribution in [-0.4, -0.2) is 60.2 Å². The number of aliphatic hydroxyl groups excluding tert-OH is 1. The number of allylic oxidation sites excluding steroid dienone is 5. The van der Waals surface area contributed by atoms with Gasteiger partial charge < -0.3 is 33.6 Å².